The number of carbonyl (C=O) groups is 1. The Hall–Kier alpha value is -2.95. The highest BCUT2D eigenvalue weighted by Gasteiger charge is 2.18. The highest BCUT2D eigenvalue weighted by molar-refractivity contribution is 14.1. The molecule has 0 aliphatic heterocycles. The summed E-state index contributed by atoms with van der Waals surface area (Å²) in [4.78, 5) is 23.2. The molecule has 0 aliphatic carbocycles. The maximum atomic E-state index is 12.5. The van der Waals surface area contributed by atoms with E-state index in [0.717, 1.165) is 5.56 Å². The molecule has 1 amide bonds. The lowest BCUT2D eigenvalue weighted by atomic mass is 10.2. The van der Waals surface area contributed by atoms with E-state index in [1.165, 1.54) is 22.9 Å². The molecule has 0 saturated carbocycles. The maximum absolute atomic E-state index is 12.5. The van der Waals surface area contributed by atoms with Gasteiger partial charge in [-0.2, -0.15) is 5.10 Å². The molecule has 1 aromatic heterocycles. The number of benzene rings is 2. The maximum Gasteiger partial charge on any atom is 0.275 e. The molecular weight excluding hydrogens is 463 g/mol. The number of amides is 1. The molecule has 3 aromatic rings. The molecule has 138 valence electrons. The molecule has 0 atom stereocenters. The summed E-state index contributed by atoms with van der Waals surface area (Å²) >= 11 is 2.00. The third kappa shape index (κ3) is 4.42. The Labute approximate surface area is 168 Å². The molecule has 0 saturated heterocycles. The number of aryl methyl sites for hydroxylation is 2. The summed E-state index contributed by atoms with van der Waals surface area (Å²) in [5.41, 5.74) is 1.43. The zero-order chi connectivity index (χ0) is 19.6. The third-order valence-corrected chi connectivity index (χ3v) is 4.48. The van der Waals surface area contributed by atoms with E-state index in [1.807, 2.05) is 47.7 Å². The number of halogens is 1. The van der Waals surface area contributed by atoms with Crippen LogP contribution in [0.5, 0.6) is 11.5 Å². The molecule has 0 bridgehead atoms. The number of nitrogens with one attached hydrogen (secondary N) is 1. The minimum Gasteiger partial charge on any atom is -0.457 e. The predicted octanol–water partition coefficient (Wildman–Crippen LogP) is 4.29. The van der Waals surface area contributed by atoms with Crippen LogP contribution in [0.25, 0.3) is 0 Å². The lowest BCUT2D eigenvalue weighted by molar-refractivity contribution is -0.384. The summed E-state index contributed by atoms with van der Waals surface area (Å²) < 4.78 is 7.85. The average molecular weight is 478 g/mol. The van der Waals surface area contributed by atoms with Crippen LogP contribution in [0.1, 0.15) is 16.1 Å². The van der Waals surface area contributed by atoms with Crippen molar-refractivity contribution in [2.24, 2.45) is 7.05 Å². The molecule has 2 aromatic carbocycles. The SMILES string of the molecule is Cc1cccc(Oc2cc(NC(=O)c3c(I)cnn3C)cc([N+](=O)[O-])c2)c1. The van der Waals surface area contributed by atoms with E-state index in [-0.39, 0.29) is 17.1 Å². The second-order valence-corrected chi connectivity index (χ2v) is 6.97. The van der Waals surface area contributed by atoms with Gasteiger partial charge in [-0.1, -0.05) is 12.1 Å². The normalized spacial score (nSPS) is 10.5. The summed E-state index contributed by atoms with van der Waals surface area (Å²) in [5.74, 6) is 0.389. The van der Waals surface area contributed by atoms with Gasteiger partial charge in [0.2, 0.25) is 0 Å². The van der Waals surface area contributed by atoms with Gasteiger partial charge in [-0.3, -0.25) is 19.6 Å². The Morgan fingerprint density at radius 2 is 2.04 bits per heavy atom. The van der Waals surface area contributed by atoms with Crippen LogP contribution in [0.15, 0.2) is 48.7 Å². The molecule has 3 rings (SSSR count). The van der Waals surface area contributed by atoms with E-state index in [0.29, 0.717) is 15.0 Å². The Balaban J connectivity index is 1.92. The summed E-state index contributed by atoms with van der Waals surface area (Å²) in [5, 5.41) is 17.9. The predicted molar refractivity (Wildman–Crippen MR) is 108 cm³/mol. The summed E-state index contributed by atoms with van der Waals surface area (Å²) in [7, 11) is 1.65. The van der Waals surface area contributed by atoms with E-state index in [1.54, 1.807) is 19.3 Å². The topological polar surface area (TPSA) is 99.3 Å². The fraction of sp³-hybridized carbons (Fsp3) is 0.111. The number of hydrogen-bond acceptors (Lipinski definition) is 5. The zero-order valence-electron chi connectivity index (χ0n) is 14.5. The Bertz CT molecular complexity index is 1010. The van der Waals surface area contributed by atoms with Crippen molar-refractivity contribution in [3.8, 4) is 11.5 Å². The van der Waals surface area contributed by atoms with E-state index in [9.17, 15) is 14.9 Å². The van der Waals surface area contributed by atoms with Gasteiger partial charge in [-0.15, -0.1) is 0 Å². The average Bonchev–Trinajstić information content (AvgIpc) is 2.93. The van der Waals surface area contributed by atoms with Gasteiger partial charge in [0.25, 0.3) is 11.6 Å². The molecule has 0 spiro atoms. The summed E-state index contributed by atoms with van der Waals surface area (Å²) in [6.07, 6.45) is 1.56. The van der Waals surface area contributed by atoms with Crippen molar-refractivity contribution >= 4 is 39.9 Å². The van der Waals surface area contributed by atoms with Gasteiger partial charge in [-0.05, 0) is 47.2 Å². The number of aromatic nitrogens is 2. The van der Waals surface area contributed by atoms with Gasteiger partial charge in [0.15, 0.2) is 0 Å². The molecule has 0 aliphatic rings. The fourth-order valence-electron chi connectivity index (χ4n) is 2.49. The second kappa shape index (κ2) is 7.74. The van der Waals surface area contributed by atoms with Crippen LogP contribution in [0.3, 0.4) is 0 Å². The van der Waals surface area contributed by atoms with Crippen LogP contribution in [0.4, 0.5) is 11.4 Å². The van der Waals surface area contributed by atoms with Crippen molar-refractivity contribution in [1.82, 2.24) is 9.78 Å². The van der Waals surface area contributed by atoms with Crippen LogP contribution < -0.4 is 10.1 Å². The molecule has 1 N–H and O–H groups in total. The highest BCUT2D eigenvalue weighted by Crippen LogP contribution is 2.30. The molecule has 8 nitrogen and oxygen atoms in total. The van der Waals surface area contributed by atoms with E-state index in [2.05, 4.69) is 10.4 Å². The molecule has 27 heavy (non-hydrogen) atoms. The van der Waals surface area contributed by atoms with Crippen molar-refractivity contribution in [1.29, 1.82) is 0 Å². The second-order valence-electron chi connectivity index (χ2n) is 5.81. The van der Waals surface area contributed by atoms with Crippen molar-refractivity contribution in [3.63, 3.8) is 0 Å². The van der Waals surface area contributed by atoms with Crippen LogP contribution in [-0.2, 0) is 7.05 Å². The van der Waals surface area contributed by atoms with Crippen molar-refractivity contribution in [2.45, 2.75) is 6.92 Å². The number of nitrogens with zero attached hydrogens (tertiary/aromatic N) is 3. The standard InChI is InChI=1S/C18H15IN4O4/c1-11-4-3-5-14(6-11)27-15-8-12(7-13(9-15)23(25)26)21-18(24)17-16(19)10-20-22(17)2/h3-10H,1-2H3,(H,21,24). The Morgan fingerprint density at radius 1 is 1.26 bits per heavy atom. The number of rotatable bonds is 5. The number of non-ortho nitro benzene ring substituents is 1. The van der Waals surface area contributed by atoms with E-state index < -0.39 is 10.8 Å². The molecular formula is C18H15IN4O4. The Kier molecular flexibility index (Phi) is 5.40. The molecule has 0 unspecified atom stereocenters. The smallest absolute Gasteiger partial charge is 0.275 e. The number of nitro benzene ring substituents is 1. The first kappa shape index (κ1) is 18.8. The van der Waals surface area contributed by atoms with E-state index >= 15 is 0 Å². The first-order valence-corrected chi connectivity index (χ1v) is 8.94. The monoisotopic (exact) mass is 478 g/mol. The van der Waals surface area contributed by atoms with Gasteiger partial charge in [0, 0.05) is 19.2 Å². The zero-order valence-corrected chi connectivity index (χ0v) is 16.6. The number of ether oxygens (including phenoxy) is 1. The van der Waals surface area contributed by atoms with Crippen molar-refractivity contribution < 1.29 is 14.5 Å². The van der Waals surface area contributed by atoms with Crippen LogP contribution in [-0.4, -0.2) is 20.6 Å². The first-order valence-electron chi connectivity index (χ1n) is 7.86. The fourth-order valence-corrected chi connectivity index (χ4v) is 3.21. The van der Waals surface area contributed by atoms with Crippen LogP contribution in [0, 0.1) is 20.6 Å². The van der Waals surface area contributed by atoms with Gasteiger partial charge in [-0.25, -0.2) is 0 Å². The van der Waals surface area contributed by atoms with Crippen molar-refractivity contribution in [3.05, 3.63) is 73.6 Å². The lowest BCUT2D eigenvalue weighted by Gasteiger charge is -2.10. The van der Waals surface area contributed by atoms with Gasteiger partial charge >= 0.3 is 0 Å². The summed E-state index contributed by atoms with van der Waals surface area (Å²) in [6, 6.07) is 11.4. The first-order chi connectivity index (χ1) is 12.8. The minimum absolute atomic E-state index is 0.185. The number of anilines is 1. The van der Waals surface area contributed by atoms with Crippen LogP contribution >= 0.6 is 22.6 Å². The largest absolute Gasteiger partial charge is 0.457 e. The van der Waals surface area contributed by atoms with Crippen molar-refractivity contribution in [2.75, 3.05) is 5.32 Å². The quantitative estimate of drug-likeness (QED) is 0.335. The molecule has 0 radical (unpaired) electrons. The number of carbonyl (C=O) groups excluding carboxylic acids is 1. The summed E-state index contributed by atoms with van der Waals surface area (Å²) in [6.45, 7) is 1.92. The Morgan fingerprint density at radius 3 is 2.67 bits per heavy atom. The lowest BCUT2D eigenvalue weighted by Crippen LogP contribution is -2.17. The molecule has 0 fully saturated rings. The van der Waals surface area contributed by atoms with Crippen LogP contribution in [0.2, 0.25) is 0 Å². The van der Waals surface area contributed by atoms with Gasteiger partial charge < -0.3 is 10.1 Å². The molecule has 9 heteroatoms. The minimum atomic E-state index is -0.535. The van der Waals surface area contributed by atoms with Gasteiger partial charge in [0.05, 0.1) is 26.4 Å². The highest BCUT2D eigenvalue weighted by atomic mass is 127. The van der Waals surface area contributed by atoms with Gasteiger partial charge in [0.1, 0.15) is 17.2 Å². The van der Waals surface area contributed by atoms with E-state index in [4.69, 9.17) is 4.74 Å². The third-order valence-electron chi connectivity index (χ3n) is 3.69. The number of hydrogen-bond donors (Lipinski definition) is 1. The number of nitro groups is 1. The molecule has 1 heterocycles.